The fourth-order valence-electron chi connectivity index (χ4n) is 0.796. The number of hydrogen-bond donors (Lipinski definition) is 0. The van der Waals surface area contributed by atoms with E-state index in [1.807, 2.05) is 13.8 Å². The summed E-state index contributed by atoms with van der Waals surface area (Å²) in [6.45, 7) is 7.17. The van der Waals surface area contributed by atoms with Crippen LogP contribution in [0.5, 0.6) is 0 Å². The second-order valence-electron chi connectivity index (χ2n) is 3.39. The molecule has 1 unspecified atom stereocenters. The lowest BCUT2D eigenvalue weighted by atomic mass is 9.98. The number of esters is 1. The minimum Gasteiger partial charge on any atom is -0.462 e. The predicted octanol–water partition coefficient (Wildman–Crippen LogP) is 1.41. The van der Waals surface area contributed by atoms with E-state index in [0.717, 1.165) is 0 Å². The number of carbonyl (C=O) groups excluding carboxylic acids is 2. The van der Waals surface area contributed by atoms with Crippen LogP contribution in [0.2, 0.25) is 0 Å². The first-order chi connectivity index (χ1) is 5.49. The summed E-state index contributed by atoms with van der Waals surface area (Å²) in [4.78, 5) is 21.6. The van der Waals surface area contributed by atoms with Gasteiger partial charge < -0.3 is 9.53 Å². The molecule has 0 aliphatic rings. The van der Waals surface area contributed by atoms with Crippen LogP contribution in [0.4, 0.5) is 0 Å². The molecule has 0 saturated heterocycles. The molecule has 0 amide bonds. The molecule has 12 heavy (non-hydrogen) atoms. The largest absolute Gasteiger partial charge is 0.462 e. The van der Waals surface area contributed by atoms with E-state index >= 15 is 0 Å². The van der Waals surface area contributed by atoms with E-state index in [4.69, 9.17) is 4.74 Å². The minimum absolute atomic E-state index is 0.00810. The highest BCUT2D eigenvalue weighted by molar-refractivity contribution is 5.88. The third kappa shape index (κ3) is 3.51. The lowest BCUT2D eigenvalue weighted by Crippen LogP contribution is -2.26. The Morgan fingerprint density at radius 3 is 2.00 bits per heavy atom. The Balaban J connectivity index is 4.13. The minimum atomic E-state index is -0.618. The van der Waals surface area contributed by atoms with Crippen LogP contribution < -0.4 is 0 Å². The van der Waals surface area contributed by atoms with Crippen molar-refractivity contribution in [1.82, 2.24) is 0 Å². The third-order valence-corrected chi connectivity index (χ3v) is 1.49. The second kappa shape index (κ2) is 4.91. The molecular weight excluding hydrogens is 156 g/mol. The molecule has 3 nitrogen and oxygen atoms in total. The molecular formula is C9H16O3. The monoisotopic (exact) mass is 172 g/mol. The molecule has 0 saturated carbocycles. The molecule has 0 spiro atoms. The SMILES string of the molecule is CC(C)OC(=O)C(C=O)C(C)C. The van der Waals surface area contributed by atoms with Crippen molar-refractivity contribution in [3.05, 3.63) is 0 Å². The molecule has 0 aromatic carbocycles. The van der Waals surface area contributed by atoms with Gasteiger partial charge in [0.05, 0.1) is 6.10 Å². The highest BCUT2D eigenvalue weighted by atomic mass is 16.5. The maximum Gasteiger partial charge on any atom is 0.316 e. The zero-order valence-corrected chi connectivity index (χ0v) is 8.03. The summed E-state index contributed by atoms with van der Waals surface area (Å²) in [5.74, 6) is -1.03. The lowest BCUT2D eigenvalue weighted by molar-refractivity contribution is -0.154. The Kier molecular flexibility index (Phi) is 4.55. The average Bonchev–Trinajstić information content (AvgIpc) is 1.85. The smallest absolute Gasteiger partial charge is 0.316 e. The summed E-state index contributed by atoms with van der Waals surface area (Å²) in [5, 5.41) is 0. The van der Waals surface area contributed by atoms with Crippen molar-refractivity contribution >= 4 is 12.3 Å². The number of ether oxygens (including phenoxy) is 1. The van der Waals surface area contributed by atoms with E-state index in [1.54, 1.807) is 13.8 Å². The van der Waals surface area contributed by atoms with Gasteiger partial charge in [-0.15, -0.1) is 0 Å². The number of rotatable bonds is 4. The summed E-state index contributed by atoms with van der Waals surface area (Å²) in [5.41, 5.74) is 0. The molecule has 0 aromatic rings. The highest BCUT2D eigenvalue weighted by Crippen LogP contribution is 2.10. The van der Waals surface area contributed by atoms with E-state index in [1.165, 1.54) is 0 Å². The zero-order valence-electron chi connectivity index (χ0n) is 8.03. The van der Waals surface area contributed by atoms with E-state index < -0.39 is 11.9 Å². The van der Waals surface area contributed by atoms with Gasteiger partial charge in [-0.25, -0.2) is 0 Å². The molecule has 0 rings (SSSR count). The summed E-state index contributed by atoms with van der Waals surface area (Å²) in [7, 11) is 0. The van der Waals surface area contributed by atoms with Crippen molar-refractivity contribution in [1.29, 1.82) is 0 Å². The molecule has 1 atom stereocenters. The van der Waals surface area contributed by atoms with Crippen LogP contribution in [0, 0.1) is 11.8 Å². The van der Waals surface area contributed by atoms with Crippen molar-refractivity contribution in [3.63, 3.8) is 0 Å². The average molecular weight is 172 g/mol. The summed E-state index contributed by atoms with van der Waals surface area (Å²) in [6, 6.07) is 0. The van der Waals surface area contributed by atoms with Crippen LogP contribution in [-0.4, -0.2) is 18.4 Å². The first-order valence-electron chi connectivity index (χ1n) is 4.14. The maximum absolute atomic E-state index is 11.2. The molecule has 0 aliphatic carbocycles. The highest BCUT2D eigenvalue weighted by Gasteiger charge is 2.23. The van der Waals surface area contributed by atoms with Crippen LogP contribution in [0.15, 0.2) is 0 Å². The van der Waals surface area contributed by atoms with Gasteiger partial charge >= 0.3 is 5.97 Å². The van der Waals surface area contributed by atoms with Crippen molar-refractivity contribution in [3.8, 4) is 0 Å². The molecule has 0 bridgehead atoms. The van der Waals surface area contributed by atoms with Gasteiger partial charge in [-0.2, -0.15) is 0 Å². The van der Waals surface area contributed by atoms with E-state index in [-0.39, 0.29) is 12.0 Å². The molecule has 0 aliphatic heterocycles. The van der Waals surface area contributed by atoms with Gasteiger partial charge in [0.2, 0.25) is 0 Å². The lowest BCUT2D eigenvalue weighted by Gasteiger charge is -2.15. The standard InChI is InChI=1S/C9H16O3/c1-6(2)8(5-10)9(11)12-7(3)4/h5-8H,1-4H3. The van der Waals surface area contributed by atoms with Gasteiger partial charge in [0.25, 0.3) is 0 Å². The summed E-state index contributed by atoms with van der Waals surface area (Å²) < 4.78 is 4.89. The number of aldehydes is 1. The molecule has 0 heterocycles. The Morgan fingerprint density at radius 2 is 1.75 bits per heavy atom. The maximum atomic E-state index is 11.2. The Bertz CT molecular complexity index is 161. The van der Waals surface area contributed by atoms with Gasteiger partial charge in [-0.1, -0.05) is 13.8 Å². The Labute approximate surface area is 73.1 Å². The summed E-state index contributed by atoms with van der Waals surface area (Å²) in [6.07, 6.45) is 0.494. The van der Waals surface area contributed by atoms with Crippen molar-refractivity contribution < 1.29 is 14.3 Å². The molecule has 3 heteroatoms. The molecule has 0 N–H and O–H groups in total. The van der Waals surface area contributed by atoms with Gasteiger partial charge in [-0.3, -0.25) is 4.79 Å². The number of hydrogen-bond acceptors (Lipinski definition) is 3. The van der Waals surface area contributed by atoms with Crippen LogP contribution in [0.1, 0.15) is 27.7 Å². The summed E-state index contributed by atoms with van der Waals surface area (Å²) >= 11 is 0. The van der Waals surface area contributed by atoms with E-state index in [0.29, 0.717) is 6.29 Å². The van der Waals surface area contributed by atoms with Gasteiger partial charge in [0, 0.05) is 0 Å². The van der Waals surface area contributed by atoms with E-state index in [2.05, 4.69) is 0 Å². The second-order valence-corrected chi connectivity index (χ2v) is 3.39. The van der Waals surface area contributed by atoms with Crippen molar-refractivity contribution in [2.45, 2.75) is 33.8 Å². The first kappa shape index (κ1) is 11.1. The van der Waals surface area contributed by atoms with Gasteiger partial charge in [-0.05, 0) is 19.8 Å². The number of carbonyl (C=O) groups is 2. The van der Waals surface area contributed by atoms with Crippen molar-refractivity contribution in [2.75, 3.05) is 0 Å². The van der Waals surface area contributed by atoms with Crippen LogP contribution >= 0.6 is 0 Å². The topological polar surface area (TPSA) is 43.4 Å². The Hall–Kier alpha value is -0.860. The normalized spacial score (nSPS) is 13.2. The fraction of sp³-hybridized carbons (Fsp3) is 0.778. The fourth-order valence-corrected chi connectivity index (χ4v) is 0.796. The molecule has 0 aromatic heterocycles. The van der Waals surface area contributed by atoms with E-state index in [9.17, 15) is 9.59 Å². The van der Waals surface area contributed by atoms with Gasteiger partial charge in [0.1, 0.15) is 12.2 Å². The molecule has 70 valence electrons. The van der Waals surface area contributed by atoms with Crippen LogP contribution in [-0.2, 0) is 14.3 Å². The van der Waals surface area contributed by atoms with Crippen molar-refractivity contribution in [2.24, 2.45) is 11.8 Å². The quantitative estimate of drug-likeness (QED) is 0.366. The molecule has 0 radical (unpaired) electrons. The predicted molar refractivity (Wildman–Crippen MR) is 45.6 cm³/mol. The Morgan fingerprint density at radius 1 is 1.25 bits per heavy atom. The zero-order chi connectivity index (χ0) is 9.72. The molecule has 0 fully saturated rings. The van der Waals surface area contributed by atoms with Crippen LogP contribution in [0.25, 0.3) is 0 Å². The van der Waals surface area contributed by atoms with Gasteiger partial charge in [0.15, 0.2) is 0 Å². The third-order valence-electron chi connectivity index (χ3n) is 1.49. The first-order valence-corrected chi connectivity index (χ1v) is 4.14. The van der Waals surface area contributed by atoms with Crippen LogP contribution in [0.3, 0.4) is 0 Å².